The number of rotatable bonds is 0. The number of aromatic nitrogens is 7. The van der Waals surface area contributed by atoms with Gasteiger partial charge in [-0.2, -0.15) is 0 Å². The van der Waals surface area contributed by atoms with E-state index >= 15 is 0 Å². The molecule has 0 aliphatic heterocycles. The van der Waals surface area contributed by atoms with Crippen molar-refractivity contribution in [3.8, 4) is 0 Å². The van der Waals surface area contributed by atoms with E-state index in [1.54, 1.807) is 43.6 Å². The average molecular weight is 572 g/mol. The highest BCUT2D eigenvalue weighted by Gasteiger charge is 2.09. The van der Waals surface area contributed by atoms with Gasteiger partial charge < -0.3 is 19.5 Å². The van der Waals surface area contributed by atoms with Crippen molar-refractivity contribution in [2.24, 2.45) is 16.2 Å². The van der Waals surface area contributed by atoms with E-state index in [-0.39, 0.29) is 5.54 Å². The van der Waals surface area contributed by atoms with Gasteiger partial charge in [-0.15, -0.1) is 0 Å². The van der Waals surface area contributed by atoms with Crippen molar-refractivity contribution < 1.29 is 0 Å². The van der Waals surface area contributed by atoms with Crippen LogP contribution in [0.4, 0.5) is 0 Å². The minimum absolute atomic E-state index is 0.240. The third kappa shape index (κ3) is 53.8. The molecule has 236 valence electrons. The highest BCUT2D eigenvalue weighted by Crippen LogP contribution is 2.12. The second-order valence-corrected chi connectivity index (χ2v) is 15.4. The zero-order valence-electron chi connectivity index (χ0n) is 29.6. The summed E-state index contributed by atoms with van der Waals surface area (Å²) in [6.45, 7) is 36.7. The van der Waals surface area contributed by atoms with E-state index in [0.717, 1.165) is 11.5 Å². The SMILES string of the molecule is CC(C)(C)C.CC(C)(C)C.CC(C)(C)C.CC(C)(C)n1cccc1.Cc1cnc[nH]1.Cc1ncc[nH]1.c1c[nH]cn1. The normalized spacial score (nSPS) is 10.6. The van der Waals surface area contributed by atoms with Gasteiger partial charge in [0.25, 0.3) is 0 Å². The van der Waals surface area contributed by atoms with Gasteiger partial charge in [-0.25, -0.2) is 15.0 Å². The highest BCUT2D eigenvalue weighted by molar-refractivity contribution is 4.94. The fourth-order valence-corrected chi connectivity index (χ4v) is 1.67. The van der Waals surface area contributed by atoms with Gasteiger partial charge in [-0.05, 0) is 63.0 Å². The third-order valence-electron chi connectivity index (χ3n) is 3.05. The molecule has 7 heteroatoms. The first-order valence-electron chi connectivity index (χ1n) is 14.4. The predicted octanol–water partition coefficient (Wildman–Crippen LogP) is 10.2. The first-order valence-corrected chi connectivity index (χ1v) is 14.4. The minimum Gasteiger partial charge on any atom is -0.351 e. The first-order chi connectivity index (χ1) is 18.4. The fourth-order valence-electron chi connectivity index (χ4n) is 1.67. The molecule has 0 aliphatic carbocycles. The van der Waals surface area contributed by atoms with Crippen LogP contribution in [0.1, 0.15) is 115 Å². The summed E-state index contributed by atoms with van der Waals surface area (Å²) in [6.07, 6.45) is 16.2. The molecule has 0 saturated heterocycles. The van der Waals surface area contributed by atoms with Crippen LogP contribution in [0.25, 0.3) is 0 Å². The molecular formula is C34H65N7. The molecule has 41 heavy (non-hydrogen) atoms. The van der Waals surface area contributed by atoms with Crippen LogP contribution in [0.15, 0.2) is 68.2 Å². The van der Waals surface area contributed by atoms with Crippen LogP contribution in [-0.4, -0.2) is 34.5 Å². The molecule has 0 bridgehead atoms. The molecule has 0 atom stereocenters. The van der Waals surface area contributed by atoms with Crippen LogP contribution in [0.5, 0.6) is 0 Å². The van der Waals surface area contributed by atoms with Crippen molar-refractivity contribution in [1.82, 2.24) is 34.5 Å². The Bertz CT molecular complexity index is 889. The van der Waals surface area contributed by atoms with Crippen molar-refractivity contribution in [2.75, 3.05) is 0 Å². The Morgan fingerprint density at radius 1 is 0.585 bits per heavy atom. The number of imidazole rings is 3. The fraction of sp³-hybridized carbons (Fsp3) is 0.618. The molecule has 7 nitrogen and oxygen atoms in total. The molecule has 4 aromatic rings. The Hall–Kier alpha value is -3.09. The van der Waals surface area contributed by atoms with E-state index in [9.17, 15) is 0 Å². The van der Waals surface area contributed by atoms with Crippen LogP contribution in [-0.2, 0) is 5.54 Å². The number of aromatic amines is 3. The Morgan fingerprint density at radius 3 is 1.17 bits per heavy atom. The van der Waals surface area contributed by atoms with Crippen molar-refractivity contribution in [1.29, 1.82) is 0 Å². The van der Waals surface area contributed by atoms with Crippen molar-refractivity contribution in [2.45, 2.75) is 123 Å². The maximum Gasteiger partial charge on any atom is 0.102 e. The van der Waals surface area contributed by atoms with E-state index in [1.165, 1.54) is 0 Å². The summed E-state index contributed by atoms with van der Waals surface area (Å²) in [6, 6.07) is 4.09. The number of hydrogen-bond donors (Lipinski definition) is 3. The second kappa shape index (κ2) is 21.6. The summed E-state index contributed by atoms with van der Waals surface area (Å²) in [4.78, 5) is 19.8. The molecule has 0 fully saturated rings. The van der Waals surface area contributed by atoms with Gasteiger partial charge in [0.05, 0.1) is 12.7 Å². The molecule has 4 rings (SSSR count). The largest absolute Gasteiger partial charge is 0.351 e. The molecule has 0 spiro atoms. The van der Waals surface area contributed by atoms with Gasteiger partial charge in [0.15, 0.2) is 0 Å². The lowest BCUT2D eigenvalue weighted by Crippen LogP contribution is -2.19. The smallest absolute Gasteiger partial charge is 0.102 e. The van der Waals surface area contributed by atoms with Crippen LogP contribution in [0.2, 0.25) is 0 Å². The standard InChI is InChI=1S/C8H13N.3C5H12.2C4H6N2.C3H4N2/c1-8(2,3)9-6-4-5-7-9;3*1-5(2,3)4;1-4-2-5-3-6-4;1-4-5-2-3-6-4;1-2-5-3-4-1/h4-7H,1-3H3;3*1-4H3;2*2-3H,1H3,(H,5,6);1-3H,(H,4,5). The molecule has 4 heterocycles. The molecule has 4 aromatic heterocycles. The van der Waals surface area contributed by atoms with Gasteiger partial charge in [0.1, 0.15) is 5.82 Å². The second-order valence-electron chi connectivity index (χ2n) is 15.4. The molecule has 0 amide bonds. The maximum absolute atomic E-state index is 3.86. The molecular weight excluding hydrogens is 506 g/mol. The third-order valence-corrected chi connectivity index (χ3v) is 3.05. The van der Waals surface area contributed by atoms with Gasteiger partial charge in [-0.1, -0.05) is 83.1 Å². The van der Waals surface area contributed by atoms with E-state index < -0.39 is 0 Å². The van der Waals surface area contributed by atoms with Gasteiger partial charge in [-0.3, -0.25) is 0 Å². The van der Waals surface area contributed by atoms with E-state index in [2.05, 4.69) is 151 Å². The van der Waals surface area contributed by atoms with Crippen molar-refractivity contribution >= 4 is 0 Å². The molecule has 0 radical (unpaired) electrons. The molecule has 3 N–H and O–H groups in total. The van der Waals surface area contributed by atoms with Gasteiger partial charge in [0, 0.05) is 54.6 Å². The summed E-state index contributed by atoms with van der Waals surface area (Å²) in [7, 11) is 0. The Kier molecular flexibility index (Phi) is 22.4. The summed E-state index contributed by atoms with van der Waals surface area (Å²) in [5.74, 6) is 0.968. The number of aryl methyl sites for hydroxylation is 2. The number of nitrogens with one attached hydrogen (secondary N) is 3. The van der Waals surface area contributed by atoms with Crippen molar-refractivity contribution in [3.05, 3.63) is 79.7 Å². The summed E-state index contributed by atoms with van der Waals surface area (Å²) in [5, 5.41) is 0. The van der Waals surface area contributed by atoms with Crippen LogP contribution in [0.3, 0.4) is 0 Å². The van der Waals surface area contributed by atoms with E-state index in [0.29, 0.717) is 16.2 Å². The number of nitrogens with zero attached hydrogens (tertiary/aromatic N) is 4. The minimum atomic E-state index is 0.240. The van der Waals surface area contributed by atoms with Crippen LogP contribution >= 0.6 is 0 Å². The highest BCUT2D eigenvalue weighted by atomic mass is 15.0. The zero-order chi connectivity index (χ0) is 32.8. The topological polar surface area (TPSA) is 91.0 Å². The van der Waals surface area contributed by atoms with Crippen LogP contribution < -0.4 is 0 Å². The lowest BCUT2D eigenvalue weighted by molar-refractivity contribution is 0.398. The molecule has 0 unspecified atom stereocenters. The Labute approximate surface area is 253 Å². The molecule has 0 aliphatic rings. The maximum atomic E-state index is 3.86. The quantitative estimate of drug-likeness (QED) is 0.196. The van der Waals surface area contributed by atoms with Gasteiger partial charge >= 0.3 is 0 Å². The summed E-state index contributed by atoms with van der Waals surface area (Å²) >= 11 is 0. The molecule has 0 aromatic carbocycles. The number of hydrogen-bond acceptors (Lipinski definition) is 3. The lowest BCUT2D eigenvalue weighted by Gasteiger charge is -2.20. The first kappa shape index (κ1) is 42.4. The van der Waals surface area contributed by atoms with Crippen molar-refractivity contribution in [3.63, 3.8) is 0 Å². The van der Waals surface area contributed by atoms with Crippen LogP contribution in [0, 0.1) is 30.1 Å². The lowest BCUT2D eigenvalue weighted by atomic mass is 10.0. The zero-order valence-corrected chi connectivity index (χ0v) is 29.6. The monoisotopic (exact) mass is 572 g/mol. The Balaban J connectivity index is -0.000000417. The summed E-state index contributed by atoms with van der Waals surface area (Å²) in [5.41, 5.74) is 2.85. The van der Waals surface area contributed by atoms with E-state index in [1.807, 2.05) is 26.0 Å². The molecule has 0 saturated carbocycles. The number of H-pyrrole nitrogens is 3. The van der Waals surface area contributed by atoms with E-state index in [4.69, 9.17) is 0 Å². The summed E-state index contributed by atoms with van der Waals surface area (Å²) < 4.78 is 2.19. The average Bonchev–Trinajstić information content (AvgIpc) is 3.54. The van der Waals surface area contributed by atoms with Gasteiger partial charge in [0.2, 0.25) is 0 Å². The predicted molar refractivity (Wildman–Crippen MR) is 180 cm³/mol. The Morgan fingerprint density at radius 2 is 1.05 bits per heavy atom.